The topological polar surface area (TPSA) is 88.9 Å². The molecule has 5 rings (SSSR count). The Kier molecular flexibility index (Phi) is 5.75. The standard InChI is InChI=1S/C25H33N5O4/c1-16-13-29-22(14-28(16)24(32)34-25(2,3)4)21(12-26-29)30-20-11-18(10-19(20)27-23(30)31)33-15-17-8-6-5-7-9-17/h5-9,12,16,18-20H,10-11,13-15H2,1-4H3,(H,27,31)/t16-,18?,19?,20?/m0/s1. The molecule has 1 aromatic carbocycles. The van der Waals surface area contributed by atoms with Gasteiger partial charge < -0.3 is 14.8 Å². The Labute approximate surface area is 200 Å². The molecular formula is C25H33N5O4. The van der Waals surface area contributed by atoms with Gasteiger partial charge in [0.1, 0.15) is 5.60 Å². The number of nitrogens with zero attached hydrogens (tertiary/aromatic N) is 4. The van der Waals surface area contributed by atoms with E-state index in [9.17, 15) is 9.59 Å². The molecule has 1 aromatic heterocycles. The van der Waals surface area contributed by atoms with Crippen molar-refractivity contribution in [1.29, 1.82) is 0 Å². The molecule has 1 saturated carbocycles. The van der Waals surface area contributed by atoms with Crippen molar-refractivity contribution < 1.29 is 19.1 Å². The van der Waals surface area contributed by atoms with Crippen LogP contribution in [0.1, 0.15) is 51.8 Å². The molecule has 2 aliphatic heterocycles. The van der Waals surface area contributed by atoms with Gasteiger partial charge in [-0.3, -0.25) is 14.5 Å². The molecule has 9 heteroatoms. The third kappa shape index (κ3) is 4.36. The quantitative estimate of drug-likeness (QED) is 0.741. The van der Waals surface area contributed by atoms with Gasteiger partial charge in [-0.1, -0.05) is 30.3 Å². The van der Waals surface area contributed by atoms with Crippen LogP contribution in [0.4, 0.5) is 15.3 Å². The van der Waals surface area contributed by atoms with Gasteiger partial charge in [-0.15, -0.1) is 0 Å². The van der Waals surface area contributed by atoms with Crippen molar-refractivity contribution in [2.24, 2.45) is 0 Å². The van der Waals surface area contributed by atoms with Crippen LogP contribution in [0, 0.1) is 0 Å². The largest absolute Gasteiger partial charge is 0.444 e. The van der Waals surface area contributed by atoms with Crippen molar-refractivity contribution in [3.8, 4) is 0 Å². The van der Waals surface area contributed by atoms with Crippen LogP contribution in [0.2, 0.25) is 0 Å². The Morgan fingerprint density at radius 2 is 1.97 bits per heavy atom. The highest BCUT2D eigenvalue weighted by atomic mass is 16.6. The molecule has 182 valence electrons. The Morgan fingerprint density at radius 3 is 2.71 bits per heavy atom. The molecule has 1 aliphatic carbocycles. The monoisotopic (exact) mass is 467 g/mol. The molecule has 4 atom stereocenters. The summed E-state index contributed by atoms with van der Waals surface area (Å²) in [5.41, 5.74) is 2.18. The maximum Gasteiger partial charge on any atom is 0.410 e. The number of ether oxygens (including phenoxy) is 2. The molecule has 3 heterocycles. The van der Waals surface area contributed by atoms with Crippen LogP contribution >= 0.6 is 0 Å². The summed E-state index contributed by atoms with van der Waals surface area (Å²) in [5, 5.41) is 7.68. The molecule has 0 bridgehead atoms. The van der Waals surface area contributed by atoms with E-state index >= 15 is 0 Å². The molecular weight excluding hydrogens is 434 g/mol. The summed E-state index contributed by atoms with van der Waals surface area (Å²) in [6, 6.07) is 9.98. The highest BCUT2D eigenvalue weighted by Gasteiger charge is 2.48. The van der Waals surface area contributed by atoms with Gasteiger partial charge in [-0.05, 0) is 46.1 Å². The number of nitrogens with one attached hydrogen (secondary N) is 1. The third-order valence-electron chi connectivity index (χ3n) is 6.78. The van der Waals surface area contributed by atoms with E-state index in [1.54, 1.807) is 11.1 Å². The van der Waals surface area contributed by atoms with Gasteiger partial charge in [0.2, 0.25) is 0 Å². The number of amides is 3. The predicted octanol–water partition coefficient (Wildman–Crippen LogP) is 3.67. The zero-order chi connectivity index (χ0) is 24.0. The fraction of sp³-hybridized carbons (Fsp3) is 0.560. The second-order valence-electron chi connectivity index (χ2n) is 10.5. The van der Waals surface area contributed by atoms with E-state index < -0.39 is 5.60 Å². The number of benzene rings is 1. The average Bonchev–Trinajstić information content (AvgIpc) is 3.43. The van der Waals surface area contributed by atoms with E-state index in [1.807, 2.05) is 55.5 Å². The molecule has 0 radical (unpaired) electrons. The Hall–Kier alpha value is -3.07. The number of aromatic nitrogens is 2. The number of hydrogen-bond acceptors (Lipinski definition) is 5. The number of anilines is 1. The third-order valence-corrected chi connectivity index (χ3v) is 6.78. The number of carbonyl (C=O) groups excluding carboxylic acids is 2. The molecule has 34 heavy (non-hydrogen) atoms. The fourth-order valence-electron chi connectivity index (χ4n) is 5.15. The van der Waals surface area contributed by atoms with Crippen LogP contribution in [-0.2, 0) is 29.2 Å². The van der Waals surface area contributed by atoms with Crippen LogP contribution in [0.5, 0.6) is 0 Å². The molecule has 2 fully saturated rings. The maximum atomic E-state index is 13.0. The minimum absolute atomic E-state index is 0.00324. The summed E-state index contributed by atoms with van der Waals surface area (Å²) in [5.74, 6) is 0. The van der Waals surface area contributed by atoms with Gasteiger partial charge in [0.15, 0.2) is 0 Å². The average molecular weight is 468 g/mol. The molecule has 3 aliphatic rings. The Bertz CT molecular complexity index is 1060. The van der Waals surface area contributed by atoms with E-state index in [-0.39, 0.29) is 36.4 Å². The van der Waals surface area contributed by atoms with Gasteiger partial charge in [-0.2, -0.15) is 5.10 Å². The van der Waals surface area contributed by atoms with Crippen LogP contribution in [-0.4, -0.2) is 56.6 Å². The van der Waals surface area contributed by atoms with Gasteiger partial charge >= 0.3 is 12.1 Å². The summed E-state index contributed by atoms with van der Waals surface area (Å²) in [7, 11) is 0. The lowest BCUT2D eigenvalue weighted by Gasteiger charge is -2.36. The summed E-state index contributed by atoms with van der Waals surface area (Å²) in [4.78, 5) is 29.3. The molecule has 0 spiro atoms. The van der Waals surface area contributed by atoms with Gasteiger partial charge in [0, 0.05) is 0 Å². The zero-order valence-corrected chi connectivity index (χ0v) is 20.2. The van der Waals surface area contributed by atoms with Crippen molar-refractivity contribution in [2.45, 2.75) is 90.1 Å². The first-order chi connectivity index (χ1) is 16.2. The first-order valence-electron chi connectivity index (χ1n) is 12.0. The van der Waals surface area contributed by atoms with Crippen molar-refractivity contribution >= 4 is 17.8 Å². The SMILES string of the molecule is C[C@H]1Cn2ncc(N3C(=O)NC4CC(OCc5ccccc5)CC43)c2CN1C(=O)OC(C)(C)C. The van der Waals surface area contributed by atoms with E-state index in [0.29, 0.717) is 19.7 Å². The molecule has 9 nitrogen and oxygen atoms in total. The highest BCUT2D eigenvalue weighted by molar-refractivity contribution is 5.96. The van der Waals surface area contributed by atoms with E-state index in [1.165, 1.54) is 0 Å². The molecule has 3 amide bonds. The molecule has 3 unspecified atom stereocenters. The summed E-state index contributed by atoms with van der Waals surface area (Å²) < 4.78 is 13.7. The Morgan fingerprint density at radius 1 is 1.21 bits per heavy atom. The Balaban J connectivity index is 1.31. The first-order valence-corrected chi connectivity index (χ1v) is 12.0. The van der Waals surface area contributed by atoms with Crippen LogP contribution in [0.15, 0.2) is 36.5 Å². The van der Waals surface area contributed by atoms with Crippen molar-refractivity contribution in [2.75, 3.05) is 4.90 Å². The summed E-state index contributed by atoms with van der Waals surface area (Å²) in [6.07, 6.45) is 3.01. The number of fused-ring (bicyclic) bond motifs is 2. The molecule has 1 N–H and O–H groups in total. The zero-order valence-electron chi connectivity index (χ0n) is 20.2. The number of carbonyl (C=O) groups is 2. The minimum atomic E-state index is -0.571. The lowest BCUT2D eigenvalue weighted by molar-refractivity contribution is 0.00913. The first kappa shape index (κ1) is 22.7. The van der Waals surface area contributed by atoms with E-state index in [0.717, 1.165) is 29.8 Å². The maximum absolute atomic E-state index is 13.0. The van der Waals surface area contributed by atoms with Crippen molar-refractivity contribution in [3.05, 3.63) is 47.8 Å². The van der Waals surface area contributed by atoms with E-state index in [2.05, 4.69) is 22.5 Å². The van der Waals surface area contributed by atoms with Crippen LogP contribution in [0.3, 0.4) is 0 Å². The minimum Gasteiger partial charge on any atom is -0.444 e. The lowest BCUT2D eigenvalue weighted by atomic mass is 10.1. The van der Waals surface area contributed by atoms with Gasteiger partial charge in [0.25, 0.3) is 0 Å². The fourth-order valence-corrected chi connectivity index (χ4v) is 5.15. The summed E-state index contributed by atoms with van der Waals surface area (Å²) in [6.45, 7) is 9.03. The highest BCUT2D eigenvalue weighted by Crippen LogP contribution is 2.38. The predicted molar refractivity (Wildman–Crippen MR) is 126 cm³/mol. The number of urea groups is 1. The number of rotatable bonds is 4. The van der Waals surface area contributed by atoms with Crippen LogP contribution < -0.4 is 10.2 Å². The van der Waals surface area contributed by atoms with Gasteiger partial charge in [-0.25, -0.2) is 9.59 Å². The smallest absolute Gasteiger partial charge is 0.410 e. The van der Waals surface area contributed by atoms with Gasteiger partial charge in [0.05, 0.1) is 61.5 Å². The molecule has 1 saturated heterocycles. The lowest BCUT2D eigenvalue weighted by Crippen LogP contribution is -2.47. The number of hydrogen-bond donors (Lipinski definition) is 1. The van der Waals surface area contributed by atoms with Crippen LogP contribution in [0.25, 0.3) is 0 Å². The second-order valence-corrected chi connectivity index (χ2v) is 10.5. The summed E-state index contributed by atoms with van der Waals surface area (Å²) >= 11 is 0. The normalized spacial score (nSPS) is 26.3. The second kappa shape index (κ2) is 8.61. The van der Waals surface area contributed by atoms with Crippen molar-refractivity contribution in [3.63, 3.8) is 0 Å². The van der Waals surface area contributed by atoms with E-state index in [4.69, 9.17) is 9.47 Å². The molecule has 2 aromatic rings. The van der Waals surface area contributed by atoms with Crippen molar-refractivity contribution in [1.82, 2.24) is 20.0 Å².